The number of hydrogen-bond acceptors (Lipinski definition) is 4. The molecule has 3 rings (SSSR count). The zero-order chi connectivity index (χ0) is 21.9. The van der Waals surface area contributed by atoms with Gasteiger partial charge in [0, 0.05) is 17.7 Å². The number of benzene rings is 3. The summed E-state index contributed by atoms with van der Waals surface area (Å²) in [4.78, 5) is 11.9. The highest BCUT2D eigenvalue weighted by atomic mass is 16.5. The van der Waals surface area contributed by atoms with Crippen molar-refractivity contribution in [1.29, 1.82) is 0 Å². The van der Waals surface area contributed by atoms with Crippen LogP contribution < -0.4 is 20.2 Å². The first-order chi connectivity index (χ1) is 15.1. The number of nitrogens with one attached hydrogen (secondary N) is 2. The van der Waals surface area contributed by atoms with E-state index in [1.165, 1.54) is 5.56 Å². The van der Waals surface area contributed by atoms with E-state index in [0.717, 1.165) is 23.3 Å². The maximum Gasteiger partial charge on any atom is 0.339 e. The molecule has 3 aromatic carbocycles. The normalized spacial score (nSPS) is 10.6. The maximum atomic E-state index is 11.9. The van der Waals surface area contributed by atoms with Crippen LogP contribution >= 0.6 is 0 Å². The molecular weight excluding hydrogens is 390 g/mol. The Labute approximate surface area is 182 Å². The number of urea groups is 1. The Bertz CT molecular complexity index is 1020. The van der Waals surface area contributed by atoms with Crippen LogP contribution in [0.5, 0.6) is 11.5 Å². The molecule has 0 aliphatic carbocycles. The van der Waals surface area contributed by atoms with Crippen LogP contribution in [-0.2, 0) is 0 Å². The van der Waals surface area contributed by atoms with Crippen molar-refractivity contribution in [2.45, 2.75) is 20.3 Å². The molecule has 0 bridgehead atoms. The van der Waals surface area contributed by atoms with Crippen molar-refractivity contribution in [2.75, 3.05) is 18.5 Å². The van der Waals surface area contributed by atoms with E-state index in [-0.39, 0.29) is 0 Å². The Morgan fingerprint density at radius 2 is 1.55 bits per heavy atom. The fourth-order valence-corrected chi connectivity index (χ4v) is 2.86. The zero-order valence-electron chi connectivity index (χ0n) is 17.8. The third kappa shape index (κ3) is 6.89. The molecule has 6 heteroatoms. The molecule has 0 spiro atoms. The minimum Gasteiger partial charge on any atom is -0.493 e. The minimum atomic E-state index is -0.413. The predicted molar refractivity (Wildman–Crippen MR) is 124 cm³/mol. The number of hydrazone groups is 1. The van der Waals surface area contributed by atoms with Crippen LogP contribution in [-0.4, -0.2) is 25.5 Å². The van der Waals surface area contributed by atoms with Crippen molar-refractivity contribution in [2.24, 2.45) is 5.10 Å². The van der Waals surface area contributed by atoms with Gasteiger partial charge in [0.25, 0.3) is 0 Å². The van der Waals surface area contributed by atoms with Crippen LogP contribution in [0.25, 0.3) is 0 Å². The van der Waals surface area contributed by atoms with Gasteiger partial charge in [-0.1, -0.05) is 42.5 Å². The summed E-state index contributed by atoms with van der Waals surface area (Å²) < 4.78 is 11.7. The van der Waals surface area contributed by atoms with Gasteiger partial charge in [-0.15, -0.1) is 0 Å². The Balaban J connectivity index is 1.44. The van der Waals surface area contributed by atoms with E-state index >= 15 is 0 Å². The molecule has 2 amide bonds. The van der Waals surface area contributed by atoms with Crippen molar-refractivity contribution in [3.05, 3.63) is 89.5 Å². The van der Waals surface area contributed by atoms with Crippen LogP contribution in [0, 0.1) is 13.8 Å². The number of anilines is 1. The Morgan fingerprint density at radius 1 is 0.871 bits per heavy atom. The molecule has 0 aliphatic heterocycles. The zero-order valence-corrected chi connectivity index (χ0v) is 17.8. The molecule has 2 N–H and O–H groups in total. The molecule has 160 valence electrons. The highest BCUT2D eigenvalue weighted by Crippen LogP contribution is 2.21. The Kier molecular flexibility index (Phi) is 8.05. The van der Waals surface area contributed by atoms with Gasteiger partial charge in [0.15, 0.2) is 0 Å². The lowest BCUT2D eigenvalue weighted by molar-refractivity contribution is 0.246. The van der Waals surface area contributed by atoms with Crippen molar-refractivity contribution in [3.63, 3.8) is 0 Å². The molecule has 0 unspecified atom stereocenters. The number of ether oxygens (including phenoxy) is 2. The number of carbonyl (C=O) groups excluding carboxylic acids is 1. The lowest BCUT2D eigenvalue weighted by Crippen LogP contribution is -2.24. The van der Waals surface area contributed by atoms with Gasteiger partial charge in [-0.3, -0.25) is 0 Å². The number of hydrogen-bond donors (Lipinski definition) is 2. The van der Waals surface area contributed by atoms with Gasteiger partial charge in [-0.25, -0.2) is 10.2 Å². The summed E-state index contributed by atoms with van der Waals surface area (Å²) in [6.45, 7) is 5.22. The third-order valence-electron chi connectivity index (χ3n) is 4.68. The van der Waals surface area contributed by atoms with E-state index < -0.39 is 6.03 Å². The second kappa shape index (κ2) is 11.4. The molecule has 31 heavy (non-hydrogen) atoms. The molecule has 0 saturated carbocycles. The smallest absolute Gasteiger partial charge is 0.339 e. The van der Waals surface area contributed by atoms with Crippen LogP contribution in [0.3, 0.4) is 0 Å². The Hall–Kier alpha value is -3.80. The molecule has 0 fully saturated rings. The number of nitrogens with zero attached hydrogens (tertiary/aromatic N) is 1. The monoisotopic (exact) mass is 417 g/mol. The van der Waals surface area contributed by atoms with Gasteiger partial charge in [0.05, 0.1) is 19.4 Å². The van der Waals surface area contributed by atoms with Crippen molar-refractivity contribution in [1.82, 2.24) is 5.43 Å². The van der Waals surface area contributed by atoms with Gasteiger partial charge in [0.2, 0.25) is 0 Å². The summed E-state index contributed by atoms with van der Waals surface area (Å²) in [6.07, 6.45) is 2.31. The van der Waals surface area contributed by atoms with E-state index in [1.54, 1.807) is 18.3 Å². The molecule has 0 radical (unpaired) electrons. The van der Waals surface area contributed by atoms with Crippen molar-refractivity contribution < 1.29 is 14.3 Å². The Morgan fingerprint density at radius 3 is 2.35 bits per heavy atom. The SMILES string of the molecule is Cc1cccc(OCCCOc2ccccc2C=NNC(=O)Nc2ccccc2)c1C. The minimum absolute atomic E-state index is 0.413. The highest BCUT2D eigenvalue weighted by Gasteiger charge is 2.04. The summed E-state index contributed by atoms with van der Waals surface area (Å²) in [6, 6.07) is 22.4. The van der Waals surface area contributed by atoms with Crippen molar-refractivity contribution >= 4 is 17.9 Å². The van der Waals surface area contributed by atoms with E-state index in [2.05, 4.69) is 35.8 Å². The van der Waals surface area contributed by atoms with Crippen LogP contribution in [0.4, 0.5) is 10.5 Å². The van der Waals surface area contributed by atoms with Gasteiger partial charge < -0.3 is 14.8 Å². The van der Waals surface area contributed by atoms with Crippen LogP contribution in [0.15, 0.2) is 77.9 Å². The number of carbonyl (C=O) groups is 1. The second-order valence-corrected chi connectivity index (χ2v) is 6.98. The van der Waals surface area contributed by atoms with E-state index in [9.17, 15) is 4.79 Å². The summed E-state index contributed by atoms with van der Waals surface area (Å²) in [5.41, 5.74) is 6.30. The summed E-state index contributed by atoms with van der Waals surface area (Å²) in [5.74, 6) is 1.61. The second-order valence-electron chi connectivity index (χ2n) is 6.98. The van der Waals surface area contributed by atoms with E-state index in [1.807, 2.05) is 54.6 Å². The highest BCUT2D eigenvalue weighted by molar-refractivity contribution is 5.90. The lowest BCUT2D eigenvalue weighted by Gasteiger charge is -2.12. The number of para-hydroxylation sites is 2. The fraction of sp³-hybridized carbons (Fsp3) is 0.200. The average molecular weight is 418 g/mol. The van der Waals surface area contributed by atoms with Gasteiger partial charge >= 0.3 is 6.03 Å². The fourth-order valence-electron chi connectivity index (χ4n) is 2.86. The van der Waals surface area contributed by atoms with Gasteiger partial charge in [0.1, 0.15) is 11.5 Å². The number of aryl methyl sites for hydroxylation is 1. The summed E-state index contributed by atoms with van der Waals surface area (Å²) >= 11 is 0. The molecule has 0 aromatic heterocycles. The van der Waals surface area contributed by atoms with Crippen LogP contribution in [0.1, 0.15) is 23.1 Å². The lowest BCUT2D eigenvalue weighted by atomic mass is 10.1. The quantitative estimate of drug-likeness (QED) is 0.282. The first-order valence-electron chi connectivity index (χ1n) is 10.2. The van der Waals surface area contributed by atoms with Crippen LogP contribution in [0.2, 0.25) is 0 Å². The topological polar surface area (TPSA) is 72.0 Å². The van der Waals surface area contributed by atoms with Crippen molar-refractivity contribution in [3.8, 4) is 11.5 Å². The van der Waals surface area contributed by atoms with E-state index in [4.69, 9.17) is 9.47 Å². The average Bonchev–Trinajstić information content (AvgIpc) is 2.78. The number of amides is 2. The third-order valence-corrected chi connectivity index (χ3v) is 4.68. The molecule has 0 atom stereocenters. The summed E-state index contributed by atoms with van der Waals surface area (Å²) in [7, 11) is 0. The standard InChI is InChI=1S/C25H27N3O3/c1-19-10-8-15-23(20(19)2)30-16-9-17-31-24-14-7-6-11-21(24)18-26-28-25(29)27-22-12-4-3-5-13-22/h3-8,10-15,18H,9,16-17H2,1-2H3,(H2,27,28,29). The molecule has 3 aromatic rings. The first-order valence-corrected chi connectivity index (χ1v) is 10.2. The molecule has 0 aliphatic rings. The maximum absolute atomic E-state index is 11.9. The van der Waals surface area contributed by atoms with Gasteiger partial charge in [-0.2, -0.15) is 5.10 Å². The molecule has 0 saturated heterocycles. The first kappa shape index (κ1) is 21.9. The van der Waals surface area contributed by atoms with E-state index in [0.29, 0.717) is 24.7 Å². The molecule has 0 heterocycles. The molecular formula is C25H27N3O3. The molecule has 6 nitrogen and oxygen atoms in total. The largest absolute Gasteiger partial charge is 0.493 e. The predicted octanol–water partition coefficient (Wildman–Crippen LogP) is 5.31. The number of rotatable bonds is 9. The summed E-state index contributed by atoms with van der Waals surface area (Å²) in [5, 5.41) is 6.71. The van der Waals surface area contributed by atoms with Gasteiger partial charge in [-0.05, 0) is 55.3 Å².